The highest BCUT2D eigenvalue weighted by Gasteiger charge is 2.39. The predicted octanol–water partition coefficient (Wildman–Crippen LogP) is 2.28. The topological polar surface area (TPSA) is 29.3 Å². The quantitative estimate of drug-likeness (QED) is 0.814. The van der Waals surface area contributed by atoms with E-state index in [0.717, 1.165) is 25.7 Å². The number of nitrogens with zero attached hydrogens (tertiary/aromatic N) is 1. The molecule has 0 saturated carbocycles. The van der Waals surface area contributed by atoms with E-state index in [9.17, 15) is 13.2 Å². The summed E-state index contributed by atoms with van der Waals surface area (Å²) in [5, 5.41) is 0. The maximum Gasteiger partial charge on any atom is 0.389 e. The Kier molecular flexibility index (Phi) is 3.45. The molecule has 0 aliphatic carbocycles. The first-order valence-electron chi connectivity index (χ1n) is 6.04. The third-order valence-corrected chi connectivity index (χ3v) is 3.80. The van der Waals surface area contributed by atoms with Crippen LogP contribution in [0.2, 0.25) is 0 Å². The highest BCUT2D eigenvalue weighted by Crippen LogP contribution is 2.35. The molecule has 0 aromatic heterocycles. The van der Waals surface area contributed by atoms with Crippen LogP contribution in [-0.2, 0) is 0 Å². The Bertz CT molecular complexity index is 228. The second-order valence-electron chi connectivity index (χ2n) is 5.07. The van der Waals surface area contributed by atoms with E-state index in [-0.39, 0.29) is 12.5 Å². The first-order valence-corrected chi connectivity index (χ1v) is 6.04. The molecule has 2 N–H and O–H groups in total. The van der Waals surface area contributed by atoms with Crippen molar-refractivity contribution in [1.82, 2.24) is 4.90 Å². The molecular weight excluding hydrogens is 217 g/mol. The van der Waals surface area contributed by atoms with Gasteiger partial charge in [-0.15, -0.1) is 0 Å². The van der Waals surface area contributed by atoms with Gasteiger partial charge in [-0.05, 0) is 38.6 Å². The standard InChI is InChI=1S/C11H19F3N2/c12-11(13,14)4-1-5-16-9-2-3-10(16)7-8(15)6-9/h8-10H,1-7,15H2. The molecule has 0 aromatic rings. The molecule has 16 heavy (non-hydrogen) atoms. The van der Waals surface area contributed by atoms with Gasteiger partial charge in [0, 0.05) is 24.5 Å². The lowest BCUT2D eigenvalue weighted by Gasteiger charge is -2.37. The largest absolute Gasteiger partial charge is 0.389 e. The van der Waals surface area contributed by atoms with Crippen molar-refractivity contribution in [2.75, 3.05) is 6.54 Å². The molecular formula is C11H19F3N2. The minimum atomic E-state index is -4.01. The van der Waals surface area contributed by atoms with Crippen LogP contribution in [0.25, 0.3) is 0 Å². The van der Waals surface area contributed by atoms with E-state index in [4.69, 9.17) is 5.73 Å². The van der Waals surface area contributed by atoms with Crippen molar-refractivity contribution < 1.29 is 13.2 Å². The highest BCUT2D eigenvalue weighted by atomic mass is 19.4. The van der Waals surface area contributed by atoms with Crippen molar-refractivity contribution in [1.29, 1.82) is 0 Å². The lowest BCUT2D eigenvalue weighted by Crippen LogP contribution is -2.47. The summed E-state index contributed by atoms with van der Waals surface area (Å²) in [6.07, 6.45) is -0.286. The third kappa shape index (κ3) is 2.88. The molecule has 0 spiro atoms. The van der Waals surface area contributed by atoms with E-state index in [1.54, 1.807) is 0 Å². The highest BCUT2D eigenvalue weighted by molar-refractivity contribution is 4.96. The number of nitrogens with two attached hydrogens (primary N) is 1. The van der Waals surface area contributed by atoms with E-state index < -0.39 is 12.6 Å². The third-order valence-electron chi connectivity index (χ3n) is 3.80. The van der Waals surface area contributed by atoms with Gasteiger partial charge in [-0.2, -0.15) is 13.2 Å². The van der Waals surface area contributed by atoms with E-state index >= 15 is 0 Å². The van der Waals surface area contributed by atoms with Gasteiger partial charge in [-0.3, -0.25) is 4.90 Å². The average molecular weight is 236 g/mol. The first kappa shape index (κ1) is 12.2. The van der Waals surface area contributed by atoms with E-state index in [0.29, 0.717) is 18.6 Å². The molecule has 0 aromatic carbocycles. The van der Waals surface area contributed by atoms with Crippen molar-refractivity contribution in [3.05, 3.63) is 0 Å². The van der Waals surface area contributed by atoms with Gasteiger partial charge in [0.15, 0.2) is 0 Å². The summed E-state index contributed by atoms with van der Waals surface area (Å²) in [6, 6.07) is 1.15. The summed E-state index contributed by atoms with van der Waals surface area (Å²) in [7, 11) is 0. The van der Waals surface area contributed by atoms with Gasteiger partial charge >= 0.3 is 6.18 Å². The van der Waals surface area contributed by atoms with Gasteiger partial charge in [0.25, 0.3) is 0 Å². The van der Waals surface area contributed by atoms with Gasteiger partial charge in [0.05, 0.1) is 0 Å². The molecule has 2 atom stereocenters. The van der Waals surface area contributed by atoms with Crippen LogP contribution in [0, 0.1) is 0 Å². The van der Waals surface area contributed by atoms with E-state index in [1.807, 2.05) is 0 Å². The predicted molar refractivity (Wildman–Crippen MR) is 56.0 cm³/mol. The Balaban J connectivity index is 1.79. The van der Waals surface area contributed by atoms with Crippen LogP contribution in [0.4, 0.5) is 13.2 Å². The molecule has 0 amide bonds. The zero-order valence-electron chi connectivity index (χ0n) is 9.34. The molecule has 2 rings (SSSR count). The molecule has 0 radical (unpaired) electrons. The molecule has 2 nitrogen and oxygen atoms in total. The Morgan fingerprint density at radius 2 is 1.69 bits per heavy atom. The molecule has 5 heteroatoms. The molecule has 2 fully saturated rings. The number of rotatable bonds is 3. The summed E-state index contributed by atoms with van der Waals surface area (Å²) >= 11 is 0. The van der Waals surface area contributed by atoms with Crippen LogP contribution in [-0.4, -0.2) is 35.7 Å². The number of fused-ring (bicyclic) bond motifs is 2. The van der Waals surface area contributed by atoms with Crippen LogP contribution in [0.3, 0.4) is 0 Å². The van der Waals surface area contributed by atoms with Gasteiger partial charge in [-0.1, -0.05) is 0 Å². The SMILES string of the molecule is NC1CC2CCC(C1)N2CCCC(F)(F)F. The first-order chi connectivity index (χ1) is 7.46. The van der Waals surface area contributed by atoms with Crippen molar-refractivity contribution in [3.63, 3.8) is 0 Å². The fourth-order valence-electron chi connectivity index (χ4n) is 3.14. The van der Waals surface area contributed by atoms with Gasteiger partial charge < -0.3 is 5.73 Å². The van der Waals surface area contributed by atoms with Gasteiger partial charge in [0.2, 0.25) is 0 Å². The van der Waals surface area contributed by atoms with Gasteiger partial charge in [-0.25, -0.2) is 0 Å². The number of hydrogen-bond donors (Lipinski definition) is 1. The maximum atomic E-state index is 12.0. The summed E-state index contributed by atoms with van der Waals surface area (Å²) in [5.41, 5.74) is 5.91. The summed E-state index contributed by atoms with van der Waals surface area (Å²) in [4.78, 5) is 2.26. The zero-order valence-corrected chi connectivity index (χ0v) is 9.34. The summed E-state index contributed by atoms with van der Waals surface area (Å²) in [6.45, 7) is 0.585. The summed E-state index contributed by atoms with van der Waals surface area (Å²) < 4.78 is 36.1. The lowest BCUT2D eigenvalue weighted by atomic mass is 9.98. The number of alkyl halides is 3. The zero-order chi connectivity index (χ0) is 11.8. The maximum absolute atomic E-state index is 12.0. The van der Waals surface area contributed by atoms with Crippen LogP contribution in [0.5, 0.6) is 0 Å². The molecule has 2 aliphatic rings. The lowest BCUT2D eigenvalue weighted by molar-refractivity contribution is -0.136. The number of halogens is 3. The molecule has 2 unspecified atom stereocenters. The molecule has 2 aliphatic heterocycles. The monoisotopic (exact) mass is 236 g/mol. The van der Waals surface area contributed by atoms with Crippen molar-refractivity contribution in [3.8, 4) is 0 Å². The Morgan fingerprint density at radius 3 is 2.19 bits per heavy atom. The Hall–Kier alpha value is -0.290. The van der Waals surface area contributed by atoms with Gasteiger partial charge in [0.1, 0.15) is 0 Å². The molecule has 94 valence electrons. The molecule has 2 bridgehead atoms. The van der Waals surface area contributed by atoms with Crippen LogP contribution in [0.1, 0.15) is 38.5 Å². The van der Waals surface area contributed by atoms with Crippen molar-refractivity contribution in [2.24, 2.45) is 5.73 Å². The Morgan fingerprint density at radius 1 is 1.12 bits per heavy atom. The minimum Gasteiger partial charge on any atom is -0.328 e. The second kappa shape index (κ2) is 4.53. The van der Waals surface area contributed by atoms with Crippen LogP contribution >= 0.6 is 0 Å². The number of hydrogen-bond acceptors (Lipinski definition) is 2. The normalized spacial score (nSPS) is 35.6. The molecule has 2 heterocycles. The second-order valence-corrected chi connectivity index (χ2v) is 5.07. The number of piperidine rings is 1. The smallest absolute Gasteiger partial charge is 0.328 e. The minimum absolute atomic E-state index is 0.228. The Labute approximate surface area is 94.0 Å². The fourth-order valence-corrected chi connectivity index (χ4v) is 3.14. The summed E-state index contributed by atoms with van der Waals surface area (Å²) in [5.74, 6) is 0. The fraction of sp³-hybridized carbons (Fsp3) is 1.00. The van der Waals surface area contributed by atoms with Crippen molar-refractivity contribution in [2.45, 2.75) is 62.8 Å². The van der Waals surface area contributed by atoms with E-state index in [1.165, 1.54) is 0 Å². The van der Waals surface area contributed by atoms with Crippen LogP contribution in [0.15, 0.2) is 0 Å². The van der Waals surface area contributed by atoms with Crippen molar-refractivity contribution >= 4 is 0 Å². The van der Waals surface area contributed by atoms with E-state index in [2.05, 4.69) is 4.90 Å². The molecule has 2 saturated heterocycles. The average Bonchev–Trinajstić information content (AvgIpc) is 2.41. The van der Waals surface area contributed by atoms with Crippen LogP contribution < -0.4 is 5.73 Å².